The highest BCUT2D eigenvalue weighted by atomic mass is 19.1. The second-order valence-corrected chi connectivity index (χ2v) is 4.66. The lowest BCUT2D eigenvalue weighted by Gasteiger charge is -2.13. The van der Waals surface area contributed by atoms with Gasteiger partial charge in [0.2, 0.25) is 0 Å². The number of hydrogen-bond donors (Lipinski definition) is 1. The SMILES string of the molecule is CC(C)CC(N)CCc1ccc(F)cc1F. The third-order valence-corrected chi connectivity index (χ3v) is 2.57. The first kappa shape index (κ1) is 13.1. The summed E-state index contributed by atoms with van der Waals surface area (Å²) in [5.41, 5.74) is 6.45. The fourth-order valence-electron chi connectivity index (χ4n) is 1.79. The molecule has 1 rings (SSSR count). The van der Waals surface area contributed by atoms with Crippen molar-refractivity contribution in [3.05, 3.63) is 35.4 Å². The van der Waals surface area contributed by atoms with Gasteiger partial charge in [0.25, 0.3) is 0 Å². The van der Waals surface area contributed by atoms with Crippen molar-refractivity contribution in [3.63, 3.8) is 0 Å². The van der Waals surface area contributed by atoms with Crippen molar-refractivity contribution in [2.75, 3.05) is 0 Å². The number of hydrogen-bond acceptors (Lipinski definition) is 1. The first-order valence-corrected chi connectivity index (χ1v) is 5.68. The molecule has 90 valence electrons. The molecular formula is C13H19F2N. The highest BCUT2D eigenvalue weighted by Gasteiger charge is 2.08. The van der Waals surface area contributed by atoms with Gasteiger partial charge in [0.15, 0.2) is 0 Å². The third kappa shape index (κ3) is 4.27. The Kier molecular flexibility index (Phi) is 4.87. The van der Waals surface area contributed by atoms with Gasteiger partial charge in [-0.15, -0.1) is 0 Å². The van der Waals surface area contributed by atoms with Crippen molar-refractivity contribution in [3.8, 4) is 0 Å². The molecule has 0 bridgehead atoms. The van der Waals surface area contributed by atoms with Gasteiger partial charge in [0, 0.05) is 12.1 Å². The Balaban J connectivity index is 2.48. The minimum Gasteiger partial charge on any atom is -0.328 e. The fourth-order valence-corrected chi connectivity index (χ4v) is 1.79. The monoisotopic (exact) mass is 227 g/mol. The van der Waals surface area contributed by atoms with Crippen LogP contribution in [0.25, 0.3) is 0 Å². The van der Waals surface area contributed by atoms with E-state index in [1.807, 2.05) is 0 Å². The summed E-state index contributed by atoms with van der Waals surface area (Å²) < 4.78 is 25.9. The summed E-state index contributed by atoms with van der Waals surface area (Å²) in [7, 11) is 0. The average Bonchev–Trinajstić information content (AvgIpc) is 2.15. The van der Waals surface area contributed by atoms with E-state index in [1.165, 1.54) is 12.1 Å². The van der Waals surface area contributed by atoms with Gasteiger partial charge in [-0.1, -0.05) is 19.9 Å². The topological polar surface area (TPSA) is 26.0 Å². The Morgan fingerprint density at radius 1 is 1.25 bits per heavy atom. The Hall–Kier alpha value is -0.960. The zero-order chi connectivity index (χ0) is 12.1. The second-order valence-electron chi connectivity index (χ2n) is 4.66. The zero-order valence-corrected chi connectivity index (χ0v) is 9.84. The van der Waals surface area contributed by atoms with E-state index in [-0.39, 0.29) is 6.04 Å². The Morgan fingerprint density at radius 2 is 1.94 bits per heavy atom. The molecule has 1 atom stereocenters. The van der Waals surface area contributed by atoms with Crippen LogP contribution >= 0.6 is 0 Å². The third-order valence-electron chi connectivity index (χ3n) is 2.57. The molecule has 0 spiro atoms. The summed E-state index contributed by atoms with van der Waals surface area (Å²) in [5.74, 6) is -0.461. The Morgan fingerprint density at radius 3 is 2.50 bits per heavy atom. The first-order valence-electron chi connectivity index (χ1n) is 5.68. The molecule has 1 nitrogen and oxygen atoms in total. The molecule has 0 saturated heterocycles. The number of aryl methyl sites for hydroxylation is 1. The molecule has 0 saturated carbocycles. The summed E-state index contributed by atoms with van der Waals surface area (Å²) in [6, 6.07) is 3.78. The van der Waals surface area contributed by atoms with E-state index in [4.69, 9.17) is 5.73 Å². The van der Waals surface area contributed by atoms with Gasteiger partial charge in [-0.2, -0.15) is 0 Å². The number of rotatable bonds is 5. The van der Waals surface area contributed by atoms with Crippen LogP contribution in [-0.2, 0) is 6.42 Å². The summed E-state index contributed by atoms with van der Waals surface area (Å²) in [4.78, 5) is 0. The molecule has 0 aliphatic rings. The molecule has 16 heavy (non-hydrogen) atoms. The van der Waals surface area contributed by atoms with Crippen LogP contribution in [0.4, 0.5) is 8.78 Å². The molecule has 1 aromatic carbocycles. The molecule has 0 fully saturated rings. The van der Waals surface area contributed by atoms with Crippen molar-refractivity contribution >= 4 is 0 Å². The lowest BCUT2D eigenvalue weighted by molar-refractivity contribution is 0.469. The van der Waals surface area contributed by atoms with Crippen molar-refractivity contribution in [1.82, 2.24) is 0 Å². The van der Waals surface area contributed by atoms with Crippen LogP contribution in [0.3, 0.4) is 0 Å². The summed E-state index contributed by atoms with van der Waals surface area (Å²) in [5, 5.41) is 0. The molecule has 0 aromatic heterocycles. The molecule has 0 aliphatic carbocycles. The van der Waals surface area contributed by atoms with Crippen LogP contribution in [0.15, 0.2) is 18.2 Å². The van der Waals surface area contributed by atoms with Crippen molar-refractivity contribution in [2.45, 2.75) is 39.2 Å². The van der Waals surface area contributed by atoms with Crippen LogP contribution in [0.2, 0.25) is 0 Å². The number of nitrogens with two attached hydrogens (primary N) is 1. The van der Waals surface area contributed by atoms with Crippen molar-refractivity contribution < 1.29 is 8.78 Å². The predicted octanol–water partition coefficient (Wildman–Crippen LogP) is 3.27. The molecule has 2 N–H and O–H groups in total. The quantitative estimate of drug-likeness (QED) is 0.820. The smallest absolute Gasteiger partial charge is 0.129 e. The average molecular weight is 227 g/mol. The van der Waals surface area contributed by atoms with Crippen molar-refractivity contribution in [2.24, 2.45) is 11.7 Å². The molecule has 3 heteroatoms. The van der Waals surface area contributed by atoms with Crippen molar-refractivity contribution in [1.29, 1.82) is 0 Å². The van der Waals surface area contributed by atoms with E-state index in [9.17, 15) is 8.78 Å². The normalized spacial score (nSPS) is 13.1. The van der Waals surface area contributed by atoms with E-state index < -0.39 is 11.6 Å². The van der Waals surface area contributed by atoms with Crippen LogP contribution in [0.1, 0.15) is 32.3 Å². The summed E-state index contributed by atoms with van der Waals surface area (Å²) >= 11 is 0. The van der Waals surface area contributed by atoms with Gasteiger partial charge in [-0.3, -0.25) is 0 Å². The van der Waals surface area contributed by atoms with E-state index in [1.54, 1.807) is 0 Å². The summed E-state index contributed by atoms with van der Waals surface area (Å²) in [6.07, 6.45) is 2.24. The molecule has 1 unspecified atom stereocenters. The lowest BCUT2D eigenvalue weighted by atomic mass is 9.98. The molecule has 0 aliphatic heterocycles. The molecular weight excluding hydrogens is 208 g/mol. The molecule has 0 amide bonds. The van der Waals surface area contributed by atoms with Gasteiger partial charge in [-0.25, -0.2) is 8.78 Å². The van der Waals surface area contributed by atoms with Crippen LogP contribution in [0.5, 0.6) is 0 Å². The Labute approximate surface area is 95.7 Å². The van der Waals surface area contributed by atoms with Gasteiger partial charge in [0.05, 0.1) is 0 Å². The lowest BCUT2D eigenvalue weighted by Crippen LogP contribution is -2.22. The standard InChI is InChI=1S/C13H19F2N/c1-9(2)7-12(16)6-4-10-3-5-11(14)8-13(10)15/h3,5,8-9,12H,4,6-7,16H2,1-2H3. The van der Waals surface area contributed by atoms with Gasteiger partial charge >= 0.3 is 0 Å². The van der Waals surface area contributed by atoms with Gasteiger partial charge in [0.1, 0.15) is 11.6 Å². The molecule has 0 heterocycles. The maximum Gasteiger partial charge on any atom is 0.129 e. The maximum atomic E-state index is 13.3. The zero-order valence-electron chi connectivity index (χ0n) is 9.84. The largest absolute Gasteiger partial charge is 0.328 e. The second kappa shape index (κ2) is 5.94. The van der Waals surface area contributed by atoms with Gasteiger partial charge in [-0.05, 0) is 36.8 Å². The fraction of sp³-hybridized carbons (Fsp3) is 0.538. The Bertz CT molecular complexity index is 337. The van der Waals surface area contributed by atoms with Crippen LogP contribution < -0.4 is 5.73 Å². The van der Waals surface area contributed by atoms with E-state index in [0.29, 0.717) is 17.9 Å². The molecule has 1 aromatic rings. The highest BCUT2D eigenvalue weighted by Crippen LogP contribution is 2.14. The van der Waals surface area contributed by atoms with Crippen LogP contribution in [0, 0.1) is 17.6 Å². The minimum absolute atomic E-state index is 0.0875. The maximum absolute atomic E-state index is 13.3. The number of benzene rings is 1. The van der Waals surface area contributed by atoms with Gasteiger partial charge < -0.3 is 5.73 Å². The molecule has 0 radical (unpaired) electrons. The van der Waals surface area contributed by atoms with E-state index >= 15 is 0 Å². The minimum atomic E-state index is -0.535. The van der Waals surface area contributed by atoms with Crippen LogP contribution in [-0.4, -0.2) is 6.04 Å². The summed E-state index contributed by atoms with van der Waals surface area (Å²) in [6.45, 7) is 4.22. The predicted molar refractivity (Wildman–Crippen MR) is 62.1 cm³/mol. The van der Waals surface area contributed by atoms with E-state index in [2.05, 4.69) is 13.8 Å². The highest BCUT2D eigenvalue weighted by molar-refractivity contribution is 5.18. The first-order chi connectivity index (χ1) is 7.49. The van der Waals surface area contributed by atoms with E-state index in [0.717, 1.165) is 18.9 Å². The number of halogens is 2.